The first kappa shape index (κ1) is 20.6. The van der Waals surface area contributed by atoms with Gasteiger partial charge >= 0.3 is 5.97 Å². The second-order valence-electron chi connectivity index (χ2n) is 9.44. The molecule has 0 heterocycles. The average Bonchev–Trinajstić information content (AvgIpc) is 3.34. The predicted octanol–water partition coefficient (Wildman–Crippen LogP) is 5.90. The van der Waals surface area contributed by atoms with Crippen LogP contribution in [0.3, 0.4) is 0 Å². The first-order valence-corrected chi connectivity index (χ1v) is 10.2. The molecular formula is C25H32O3. The van der Waals surface area contributed by atoms with Crippen molar-refractivity contribution in [2.24, 2.45) is 5.41 Å². The average molecular weight is 381 g/mol. The summed E-state index contributed by atoms with van der Waals surface area (Å²) in [7, 11) is 0. The first-order valence-electron chi connectivity index (χ1n) is 10.2. The number of hydrogen-bond acceptors (Lipinski definition) is 2. The van der Waals surface area contributed by atoms with E-state index in [1.165, 1.54) is 41.2 Å². The molecule has 150 valence electrons. The van der Waals surface area contributed by atoms with Crippen molar-refractivity contribution >= 4 is 22.3 Å². The highest BCUT2D eigenvalue weighted by Crippen LogP contribution is 2.57. The van der Waals surface area contributed by atoms with Crippen LogP contribution in [0.2, 0.25) is 0 Å². The van der Waals surface area contributed by atoms with Crippen molar-refractivity contribution in [2.45, 2.75) is 71.8 Å². The molecule has 0 saturated heterocycles. The van der Waals surface area contributed by atoms with Gasteiger partial charge in [-0.2, -0.15) is 0 Å². The second-order valence-corrected chi connectivity index (χ2v) is 9.44. The van der Waals surface area contributed by atoms with E-state index in [0.29, 0.717) is 5.41 Å². The van der Waals surface area contributed by atoms with E-state index in [0.717, 1.165) is 24.0 Å². The summed E-state index contributed by atoms with van der Waals surface area (Å²) in [5, 5.41) is 20.3. The Kier molecular flexibility index (Phi) is 5.67. The molecule has 1 spiro atoms. The smallest absolute Gasteiger partial charge is 0.307 e. The predicted molar refractivity (Wildman–Crippen MR) is 115 cm³/mol. The van der Waals surface area contributed by atoms with E-state index in [-0.39, 0.29) is 6.42 Å². The third-order valence-electron chi connectivity index (χ3n) is 5.69. The molecule has 0 atom stereocenters. The number of carboxylic acid groups (broad SMARTS) is 1. The molecular weight excluding hydrogens is 348 g/mol. The summed E-state index contributed by atoms with van der Waals surface area (Å²) < 4.78 is 0. The zero-order chi connectivity index (χ0) is 20.5. The molecule has 2 aliphatic carbocycles. The number of allylic oxidation sites excluding steroid dienone is 2. The fourth-order valence-electron chi connectivity index (χ4n) is 4.08. The Morgan fingerprint density at radius 2 is 1.79 bits per heavy atom. The fraction of sp³-hybridized carbons (Fsp3) is 0.480. The van der Waals surface area contributed by atoms with Gasteiger partial charge in [-0.1, -0.05) is 36.4 Å². The van der Waals surface area contributed by atoms with Crippen LogP contribution in [0, 0.1) is 12.3 Å². The largest absolute Gasteiger partial charge is 0.481 e. The van der Waals surface area contributed by atoms with Crippen LogP contribution < -0.4 is 0 Å². The van der Waals surface area contributed by atoms with Crippen LogP contribution in [-0.2, 0) is 11.2 Å². The van der Waals surface area contributed by atoms with Crippen molar-refractivity contribution in [3.05, 3.63) is 53.1 Å². The Balaban J connectivity index is 0.000000403. The number of aliphatic hydroxyl groups is 1. The third-order valence-corrected chi connectivity index (χ3v) is 5.69. The van der Waals surface area contributed by atoms with Gasteiger partial charge in [0.05, 0.1) is 12.0 Å². The maximum atomic E-state index is 11.4. The minimum Gasteiger partial charge on any atom is -0.481 e. The highest BCUT2D eigenvalue weighted by molar-refractivity contribution is 5.97. The standard InChI is InChI=1S/C21H22O2.C4H10O/c1-14-12-16-4-2-3-5-17(16)20(18(14)13-19(22)23)15-6-8-21(9-7-15)10-11-21;1-4(2,3)5/h2-6,12H,7-11,13H2,1H3,(H,22,23);5H,1-3H3. The van der Waals surface area contributed by atoms with Gasteiger partial charge in [-0.3, -0.25) is 4.79 Å². The van der Waals surface area contributed by atoms with Gasteiger partial charge < -0.3 is 10.2 Å². The maximum absolute atomic E-state index is 11.4. The van der Waals surface area contributed by atoms with E-state index in [2.05, 4.69) is 36.4 Å². The minimum atomic E-state index is -0.750. The zero-order valence-corrected chi connectivity index (χ0v) is 17.5. The Hall–Kier alpha value is -2.13. The molecule has 2 aliphatic rings. The number of aliphatic carboxylic acids is 1. The quantitative estimate of drug-likeness (QED) is 0.697. The number of carboxylic acids is 1. The normalized spacial score (nSPS) is 17.7. The SMILES string of the molecule is CC(C)(C)O.Cc1cc2ccccc2c(C2=CCC3(CC2)CC3)c1CC(=O)O. The molecule has 0 unspecified atom stereocenters. The van der Waals surface area contributed by atoms with Gasteiger partial charge in [-0.15, -0.1) is 0 Å². The van der Waals surface area contributed by atoms with Gasteiger partial charge in [0.15, 0.2) is 0 Å². The van der Waals surface area contributed by atoms with Crippen LogP contribution in [0.25, 0.3) is 16.3 Å². The van der Waals surface area contributed by atoms with E-state index in [4.69, 9.17) is 5.11 Å². The Labute approximate surface area is 168 Å². The van der Waals surface area contributed by atoms with Gasteiger partial charge in [-0.25, -0.2) is 0 Å². The van der Waals surface area contributed by atoms with E-state index in [9.17, 15) is 9.90 Å². The molecule has 3 nitrogen and oxygen atoms in total. The minimum absolute atomic E-state index is 0.106. The second kappa shape index (κ2) is 7.71. The fourth-order valence-corrected chi connectivity index (χ4v) is 4.08. The number of hydrogen-bond donors (Lipinski definition) is 2. The highest BCUT2D eigenvalue weighted by Gasteiger charge is 2.42. The van der Waals surface area contributed by atoms with Gasteiger partial charge in [0, 0.05) is 0 Å². The number of benzene rings is 2. The molecule has 0 aromatic heterocycles. The molecule has 3 heteroatoms. The summed E-state index contributed by atoms with van der Waals surface area (Å²) >= 11 is 0. The molecule has 2 aromatic rings. The summed E-state index contributed by atoms with van der Waals surface area (Å²) in [6.07, 6.45) is 8.74. The van der Waals surface area contributed by atoms with E-state index in [1.54, 1.807) is 20.8 Å². The summed E-state index contributed by atoms with van der Waals surface area (Å²) in [5.41, 5.74) is 4.73. The monoisotopic (exact) mass is 380 g/mol. The van der Waals surface area contributed by atoms with Crippen LogP contribution in [-0.4, -0.2) is 21.8 Å². The summed E-state index contributed by atoms with van der Waals surface area (Å²) in [6, 6.07) is 10.5. The van der Waals surface area contributed by atoms with Crippen LogP contribution in [0.1, 0.15) is 69.6 Å². The number of carbonyl (C=O) groups is 1. The summed E-state index contributed by atoms with van der Waals surface area (Å²) in [6.45, 7) is 7.27. The number of aryl methyl sites for hydroxylation is 1. The summed E-state index contributed by atoms with van der Waals surface area (Å²) in [5.74, 6) is -0.750. The first-order chi connectivity index (χ1) is 13.1. The lowest BCUT2D eigenvalue weighted by Crippen LogP contribution is -2.10. The highest BCUT2D eigenvalue weighted by atomic mass is 16.4. The van der Waals surface area contributed by atoms with Crippen molar-refractivity contribution in [3.8, 4) is 0 Å². The molecule has 0 aliphatic heterocycles. The van der Waals surface area contributed by atoms with Gasteiger partial charge in [0.25, 0.3) is 0 Å². The van der Waals surface area contributed by atoms with Gasteiger partial charge in [0.2, 0.25) is 0 Å². The Bertz CT molecular complexity index is 905. The molecule has 2 N–H and O–H groups in total. The van der Waals surface area contributed by atoms with Gasteiger partial charge in [0.1, 0.15) is 0 Å². The lowest BCUT2D eigenvalue weighted by Gasteiger charge is -2.24. The van der Waals surface area contributed by atoms with E-state index < -0.39 is 11.6 Å². The summed E-state index contributed by atoms with van der Waals surface area (Å²) in [4.78, 5) is 11.4. The van der Waals surface area contributed by atoms with Crippen LogP contribution in [0.15, 0.2) is 36.4 Å². The van der Waals surface area contributed by atoms with E-state index >= 15 is 0 Å². The molecule has 4 rings (SSSR count). The van der Waals surface area contributed by atoms with Crippen molar-refractivity contribution in [3.63, 3.8) is 0 Å². The molecule has 0 radical (unpaired) electrons. The van der Waals surface area contributed by atoms with Crippen LogP contribution in [0.4, 0.5) is 0 Å². The van der Waals surface area contributed by atoms with Crippen molar-refractivity contribution in [1.29, 1.82) is 0 Å². The van der Waals surface area contributed by atoms with Crippen molar-refractivity contribution < 1.29 is 15.0 Å². The lowest BCUT2D eigenvalue weighted by molar-refractivity contribution is -0.136. The van der Waals surface area contributed by atoms with Gasteiger partial charge in [-0.05, 0) is 98.2 Å². The number of fused-ring (bicyclic) bond motifs is 1. The number of rotatable bonds is 3. The lowest BCUT2D eigenvalue weighted by atomic mass is 9.80. The Morgan fingerprint density at radius 1 is 1.14 bits per heavy atom. The molecule has 1 saturated carbocycles. The topological polar surface area (TPSA) is 57.5 Å². The van der Waals surface area contributed by atoms with Crippen LogP contribution >= 0.6 is 0 Å². The molecule has 28 heavy (non-hydrogen) atoms. The third kappa shape index (κ3) is 5.02. The van der Waals surface area contributed by atoms with Crippen LogP contribution in [0.5, 0.6) is 0 Å². The zero-order valence-electron chi connectivity index (χ0n) is 17.5. The van der Waals surface area contributed by atoms with Crippen molar-refractivity contribution in [1.82, 2.24) is 0 Å². The molecule has 0 bridgehead atoms. The maximum Gasteiger partial charge on any atom is 0.307 e. The molecule has 0 amide bonds. The molecule has 2 aromatic carbocycles. The van der Waals surface area contributed by atoms with Crippen molar-refractivity contribution in [2.75, 3.05) is 0 Å². The van der Waals surface area contributed by atoms with E-state index in [1.807, 2.05) is 6.92 Å². The Morgan fingerprint density at radius 3 is 2.32 bits per heavy atom. The molecule has 1 fully saturated rings.